The van der Waals surface area contributed by atoms with E-state index in [9.17, 15) is 14.7 Å². The van der Waals surface area contributed by atoms with Crippen molar-refractivity contribution >= 4 is 49.7 Å². The van der Waals surface area contributed by atoms with Crippen LogP contribution in [0.2, 0.25) is 0 Å². The zero-order valence-electron chi connectivity index (χ0n) is 19.4. The quantitative estimate of drug-likeness (QED) is 0.359. The minimum Gasteiger partial charge on any atom is -0.503 e. The van der Waals surface area contributed by atoms with Crippen LogP contribution in [-0.4, -0.2) is 41.0 Å². The number of benzene rings is 2. The first-order valence-corrected chi connectivity index (χ1v) is 12.3. The highest BCUT2D eigenvalue weighted by molar-refractivity contribution is 7.22. The van der Waals surface area contributed by atoms with Gasteiger partial charge in [0.1, 0.15) is 11.5 Å². The number of thiazole rings is 2. The monoisotopic (exact) mass is 507 g/mol. The van der Waals surface area contributed by atoms with Gasteiger partial charge in [-0.3, -0.25) is 14.5 Å². The van der Waals surface area contributed by atoms with Crippen molar-refractivity contribution in [3.63, 3.8) is 0 Å². The molecule has 0 bridgehead atoms. The number of Topliss-reactive ketones (excluding diaryl/α,β-unsaturated/α-hetero) is 1. The number of nitrogens with zero attached hydrogens (tertiary/aromatic N) is 3. The summed E-state index contributed by atoms with van der Waals surface area (Å²) in [4.78, 5) is 37.9. The number of carbonyl (C=O) groups excluding carboxylic acids is 2. The standard InChI is InChI=1S/C25H21N3O5S2/c1-12-23(34-13(2)26-12)21(29)19-20(14-6-5-7-15(10-14)32-3)28(24(31)22(19)30)25-27-17-9-8-16(33-4)11-18(17)35-25/h5-11,20,30H,1-4H3. The molecule has 0 aliphatic carbocycles. The van der Waals surface area contributed by atoms with Crippen molar-refractivity contribution in [3.8, 4) is 11.5 Å². The third kappa shape index (κ3) is 3.84. The van der Waals surface area contributed by atoms with Gasteiger partial charge in [-0.15, -0.1) is 11.3 Å². The third-order valence-corrected chi connectivity index (χ3v) is 7.85. The first-order chi connectivity index (χ1) is 16.8. The predicted octanol–water partition coefficient (Wildman–Crippen LogP) is 5.17. The Labute approximate surface area is 209 Å². The number of aliphatic hydroxyl groups excluding tert-OH is 1. The van der Waals surface area contributed by atoms with Crippen molar-refractivity contribution in [2.45, 2.75) is 19.9 Å². The second-order valence-electron chi connectivity index (χ2n) is 7.92. The van der Waals surface area contributed by atoms with Crippen LogP contribution >= 0.6 is 22.7 Å². The first-order valence-electron chi connectivity index (χ1n) is 10.7. The Bertz CT molecular complexity index is 1520. The summed E-state index contributed by atoms with van der Waals surface area (Å²) >= 11 is 2.51. The molecule has 1 atom stereocenters. The van der Waals surface area contributed by atoms with Crippen molar-refractivity contribution in [1.29, 1.82) is 0 Å². The van der Waals surface area contributed by atoms with Crippen molar-refractivity contribution in [2.75, 3.05) is 19.1 Å². The van der Waals surface area contributed by atoms with E-state index in [1.165, 1.54) is 27.6 Å². The number of amides is 1. The Morgan fingerprint density at radius 3 is 2.46 bits per heavy atom. The molecule has 178 valence electrons. The molecule has 0 fully saturated rings. The number of hydrogen-bond acceptors (Lipinski definition) is 9. The Morgan fingerprint density at radius 1 is 1.03 bits per heavy atom. The van der Waals surface area contributed by atoms with Gasteiger partial charge in [0.25, 0.3) is 5.91 Å². The van der Waals surface area contributed by atoms with Gasteiger partial charge in [-0.25, -0.2) is 9.97 Å². The van der Waals surface area contributed by atoms with E-state index in [4.69, 9.17) is 9.47 Å². The second-order valence-corrected chi connectivity index (χ2v) is 10.1. The smallest absolute Gasteiger partial charge is 0.296 e. The molecule has 3 heterocycles. The van der Waals surface area contributed by atoms with Gasteiger partial charge in [-0.1, -0.05) is 23.5 Å². The molecule has 35 heavy (non-hydrogen) atoms. The molecule has 2 aromatic heterocycles. The van der Waals surface area contributed by atoms with Crippen LogP contribution in [0.25, 0.3) is 10.2 Å². The SMILES string of the molecule is COc1cccc(C2C(C(=O)c3sc(C)nc3C)=C(O)C(=O)N2c2nc3ccc(OC)cc3s2)c1. The fraction of sp³-hybridized carbons (Fsp3) is 0.200. The molecule has 0 saturated carbocycles. The highest BCUT2D eigenvalue weighted by atomic mass is 32.1. The van der Waals surface area contributed by atoms with Crippen molar-refractivity contribution in [3.05, 3.63) is 74.9 Å². The molecular weight excluding hydrogens is 486 g/mol. The summed E-state index contributed by atoms with van der Waals surface area (Å²) in [6.45, 7) is 3.55. The molecule has 1 amide bonds. The largest absolute Gasteiger partial charge is 0.503 e. The summed E-state index contributed by atoms with van der Waals surface area (Å²) in [5.74, 6) is -0.488. The van der Waals surface area contributed by atoms with Crippen LogP contribution in [0, 0.1) is 13.8 Å². The lowest BCUT2D eigenvalue weighted by atomic mass is 9.95. The van der Waals surface area contributed by atoms with Gasteiger partial charge in [0.15, 0.2) is 10.9 Å². The number of ketones is 1. The zero-order chi connectivity index (χ0) is 24.9. The number of hydrogen-bond donors (Lipinski definition) is 1. The minimum absolute atomic E-state index is 0.00756. The topological polar surface area (TPSA) is 102 Å². The average Bonchev–Trinajstić information content (AvgIpc) is 3.51. The van der Waals surface area contributed by atoms with E-state index in [1.54, 1.807) is 57.5 Å². The number of ether oxygens (including phenoxy) is 2. The normalized spacial score (nSPS) is 15.8. The van der Waals surface area contributed by atoms with Crippen LogP contribution in [-0.2, 0) is 4.79 Å². The Morgan fingerprint density at radius 2 is 1.77 bits per heavy atom. The fourth-order valence-electron chi connectivity index (χ4n) is 4.15. The summed E-state index contributed by atoms with van der Waals surface area (Å²) in [6.07, 6.45) is 0. The number of carbonyl (C=O) groups is 2. The molecule has 10 heteroatoms. The van der Waals surface area contributed by atoms with Crippen LogP contribution in [0.1, 0.15) is 32.0 Å². The van der Waals surface area contributed by atoms with Crippen LogP contribution in [0.4, 0.5) is 5.13 Å². The number of aliphatic hydroxyl groups is 1. The average molecular weight is 508 g/mol. The number of methoxy groups -OCH3 is 2. The lowest BCUT2D eigenvalue weighted by molar-refractivity contribution is -0.117. The maximum Gasteiger partial charge on any atom is 0.296 e. The predicted molar refractivity (Wildman–Crippen MR) is 135 cm³/mol. The van der Waals surface area contributed by atoms with Gasteiger partial charge in [0.05, 0.1) is 51.6 Å². The Kier molecular flexibility index (Phi) is 5.78. The molecule has 1 aliphatic heterocycles. The fourth-order valence-corrected chi connectivity index (χ4v) is 6.04. The summed E-state index contributed by atoms with van der Waals surface area (Å²) in [5, 5.41) is 12.1. The highest BCUT2D eigenvalue weighted by Gasteiger charge is 2.46. The summed E-state index contributed by atoms with van der Waals surface area (Å²) in [7, 11) is 3.12. The van der Waals surface area contributed by atoms with E-state index in [0.29, 0.717) is 38.3 Å². The number of fused-ring (bicyclic) bond motifs is 1. The van der Waals surface area contributed by atoms with Crippen LogP contribution in [0.5, 0.6) is 11.5 Å². The molecule has 5 rings (SSSR count). The first kappa shape index (κ1) is 23.0. The molecule has 4 aromatic rings. The third-order valence-electron chi connectivity index (χ3n) is 5.76. The van der Waals surface area contributed by atoms with Crippen molar-refractivity contribution in [2.24, 2.45) is 0 Å². The zero-order valence-corrected chi connectivity index (χ0v) is 21.0. The molecule has 0 saturated heterocycles. The summed E-state index contributed by atoms with van der Waals surface area (Å²) in [5.41, 5.74) is 1.84. The number of aromatic nitrogens is 2. The number of aryl methyl sites for hydroxylation is 2. The van der Waals surface area contributed by atoms with Gasteiger partial charge < -0.3 is 14.6 Å². The molecular formula is C25H21N3O5S2. The molecule has 8 nitrogen and oxygen atoms in total. The van der Waals surface area contributed by atoms with Crippen LogP contribution < -0.4 is 14.4 Å². The molecule has 1 unspecified atom stereocenters. The molecule has 1 aliphatic rings. The molecule has 0 radical (unpaired) electrons. The van der Waals surface area contributed by atoms with Crippen molar-refractivity contribution in [1.82, 2.24) is 9.97 Å². The molecule has 1 N–H and O–H groups in total. The van der Waals surface area contributed by atoms with Crippen LogP contribution in [0.3, 0.4) is 0 Å². The second kappa shape index (κ2) is 8.79. The van der Waals surface area contributed by atoms with E-state index < -0.39 is 23.5 Å². The van der Waals surface area contributed by atoms with E-state index in [0.717, 1.165) is 9.71 Å². The van der Waals surface area contributed by atoms with Gasteiger partial charge >= 0.3 is 0 Å². The lowest BCUT2D eigenvalue weighted by Gasteiger charge is -2.24. The number of anilines is 1. The maximum atomic E-state index is 13.7. The Hall–Kier alpha value is -3.76. The van der Waals surface area contributed by atoms with Gasteiger partial charge in [-0.2, -0.15) is 0 Å². The minimum atomic E-state index is -0.894. The molecule has 0 spiro atoms. The van der Waals surface area contributed by atoms with Gasteiger partial charge in [-0.05, 0) is 49.7 Å². The Balaban J connectivity index is 1.69. The van der Waals surface area contributed by atoms with Crippen molar-refractivity contribution < 1.29 is 24.2 Å². The number of rotatable bonds is 6. The molecule has 2 aromatic carbocycles. The van der Waals surface area contributed by atoms with E-state index >= 15 is 0 Å². The van der Waals surface area contributed by atoms with Gasteiger partial charge in [0, 0.05) is 0 Å². The van der Waals surface area contributed by atoms with E-state index in [2.05, 4.69) is 9.97 Å². The van der Waals surface area contributed by atoms with Crippen LogP contribution in [0.15, 0.2) is 53.8 Å². The maximum absolute atomic E-state index is 13.7. The van der Waals surface area contributed by atoms with E-state index in [-0.39, 0.29) is 5.57 Å². The summed E-state index contributed by atoms with van der Waals surface area (Å²) in [6, 6.07) is 11.6. The van der Waals surface area contributed by atoms with Gasteiger partial charge in [0.2, 0.25) is 5.78 Å². The van der Waals surface area contributed by atoms with E-state index in [1.807, 2.05) is 13.0 Å². The lowest BCUT2D eigenvalue weighted by Crippen LogP contribution is -2.31. The summed E-state index contributed by atoms with van der Waals surface area (Å²) < 4.78 is 11.5. The highest BCUT2D eigenvalue weighted by Crippen LogP contribution is 2.45.